The van der Waals surface area contributed by atoms with Crippen molar-refractivity contribution >= 4 is 34.6 Å². The minimum absolute atomic E-state index is 0.00870. The van der Waals surface area contributed by atoms with Crippen LogP contribution in [-0.4, -0.2) is 12.1 Å². The lowest BCUT2D eigenvalue weighted by Gasteiger charge is -1.98. The van der Waals surface area contributed by atoms with Gasteiger partial charge in [-0.05, 0) is 6.07 Å². The van der Waals surface area contributed by atoms with Crippen LogP contribution in [0.25, 0.3) is 0 Å². The second-order valence-electron chi connectivity index (χ2n) is 2.08. The van der Waals surface area contributed by atoms with Crippen molar-refractivity contribution < 1.29 is 9.31 Å². The van der Waals surface area contributed by atoms with Gasteiger partial charge in [0, 0.05) is 6.07 Å². The number of hydrogen-bond acceptors (Lipinski definition) is 3. The van der Waals surface area contributed by atoms with Crippen LogP contribution in [0.3, 0.4) is 0 Å². The van der Waals surface area contributed by atoms with Gasteiger partial charge in [-0.2, -0.15) is 0 Å². The molecule has 0 aromatic heterocycles. The molecule has 0 spiro atoms. The van der Waals surface area contributed by atoms with Crippen LogP contribution in [0.5, 0.6) is 0 Å². The molecule has 0 saturated heterocycles. The van der Waals surface area contributed by atoms with Gasteiger partial charge in [-0.1, -0.05) is 37.0 Å². The summed E-state index contributed by atoms with van der Waals surface area (Å²) < 4.78 is 9.50. The number of nitro groups is 1. The van der Waals surface area contributed by atoms with Crippen molar-refractivity contribution in [3.63, 3.8) is 0 Å². The number of nitrogens with two attached hydrogens (primary N) is 1. The third-order valence-electron chi connectivity index (χ3n) is 1.27. The topological polar surface area (TPSA) is 69.2 Å². The van der Waals surface area contributed by atoms with Crippen molar-refractivity contribution in [2.75, 3.05) is 12.9 Å². The second kappa shape index (κ2) is 9.18. The molecule has 0 amide bonds. The van der Waals surface area contributed by atoms with Crippen LogP contribution in [0.15, 0.2) is 12.1 Å². The fraction of sp³-hybridized carbons (Fsp3) is 0.333. The molecule has 2 N–H and O–H groups in total. The first-order valence-electron chi connectivity index (χ1n) is 4.29. The first-order valence-corrected chi connectivity index (χ1v) is 5.04. The number of nitrogens with zero attached hydrogens (tertiary/aromatic N) is 1. The van der Waals surface area contributed by atoms with Crippen LogP contribution in [0.4, 0.5) is 15.8 Å². The third kappa shape index (κ3) is 5.14. The zero-order valence-electron chi connectivity index (χ0n) is 9.13. The number of nitro benzene ring substituents is 1. The number of nitrogen functional groups attached to an aromatic ring is 1. The molecular weight excluding hydrogens is 258 g/mol. The van der Waals surface area contributed by atoms with E-state index < -0.39 is 4.92 Å². The van der Waals surface area contributed by atoms with E-state index in [2.05, 4.69) is 0 Å². The Kier molecular flexibility index (Phi) is 9.94. The Labute approximate surface area is 103 Å². The fourth-order valence-electron chi connectivity index (χ4n) is 0.710. The maximum Gasteiger partial charge on any atom is 0.293 e. The average molecular weight is 271 g/mol. The van der Waals surface area contributed by atoms with Gasteiger partial charge in [0.1, 0.15) is 5.69 Å². The molecule has 0 heterocycles. The van der Waals surface area contributed by atoms with Gasteiger partial charge in [0.25, 0.3) is 5.69 Å². The summed E-state index contributed by atoms with van der Waals surface area (Å²) in [5.41, 5.74) is 5.08. The molecule has 1 aromatic rings. The summed E-state index contributed by atoms with van der Waals surface area (Å²) >= 11 is 11.1. The summed E-state index contributed by atoms with van der Waals surface area (Å²) in [6, 6.07) is 2.38. The highest BCUT2D eigenvalue weighted by molar-refractivity contribution is 6.42. The van der Waals surface area contributed by atoms with Crippen LogP contribution >= 0.6 is 23.2 Å². The van der Waals surface area contributed by atoms with Gasteiger partial charge in [-0.15, -0.1) is 0 Å². The lowest BCUT2D eigenvalue weighted by atomic mass is 10.3. The van der Waals surface area contributed by atoms with E-state index in [1.54, 1.807) is 0 Å². The fourth-order valence-corrected chi connectivity index (χ4v) is 1.04. The monoisotopic (exact) mass is 270 g/mol. The highest BCUT2D eigenvalue weighted by Crippen LogP contribution is 2.31. The van der Waals surface area contributed by atoms with E-state index in [0.29, 0.717) is 7.18 Å². The van der Waals surface area contributed by atoms with Crippen molar-refractivity contribution in [2.45, 2.75) is 13.8 Å². The molecule has 16 heavy (non-hydrogen) atoms. The summed E-state index contributed by atoms with van der Waals surface area (Å²) in [4.78, 5) is 9.70. The molecule has 0 aliphatic heterocycles. The van der Waals surface area contributed by atoms with Gasteiger partial charge in [-0.25, -0.2) is 0 Å². The molecule has 0 radical (unpaired) electrons. The molecule has 1 rings (SSSR count). The number of halogens is 3. The number of rotatable bonds is 1. The van der Waals surface area contributed by atoms with Crippen molar-refractivity contribution in [3.8, 4) is 0 Å². The Balaban J connectivity index is 0. The third-order valence-corrected chi connectivity index (χ3v) is 1.99. The van der Waals surface area contributed by atoms with Gasteiger partial charge in [0.15, 0.2) is 0 Å². The number of alkyl halides is 1. The normalized spacial score (nSPS) is 8.12. The number of benzene rings is 1. The highest BCUT2D eigenvalue weighted by Gasteiger charge is 2.13. The maximum atomic E-state index is 10.3. The Bertz CT molecular complexity index is 349. The number of hydrogen-bond donors (Lipinski definition) is 1. The average Bonchev–Trinajstić information content (AvgIpc) is 2.28. The standard InChI is InChI=1S/C6H4Cl2N2O2.C2H6.CH3F/c7-3-1-5(9)6(10(11)12)2-4(3)8;2*1-2/h1-2H,9H2;1-2H3;1H3. The zero-order valence-corrected chi connectivity index (χ0v) is 10.6. The Hall–Kier alpha value is -1.07. The van der Waals surface area contributed by atoms with Crippen LogP contribution in [-0.2, 0) is 0 Å². The van der Waals surface area contributed by atoms with E-state index in [0.717, 1.165) is 6.07 Å². The zero-order chi connectivity index (χ0) is 13.3. The summed E-state index contributed by atoms with van der Waals surface area (Å²) in [5.74, 6) is 0. The molecule has 92 valence electrons. The van der Waals surface area contributed by atoms with E-state index in [4.69, 9.17) is 28.9 Å². The van der Waals surface area contributed by atoms with Gasteiger partial charge in [-0.3, -0.25) is 14.5 Å². The first-order chi connectivity index (χ1) is 7.52. The van der Waals surface area contributed by atoms with Gasteiger partial charge in [0.2, 0.25) is 0 Å². The predicted molar refractivity (Wildman–Crippen MR) is 65.9 cm³/mol. The Morgan fingerprint density at radius 2 is 1.62 bits per heavy atom. The van der Waals surface area contributed by atoms with Gasteiger partial charge in [0.05, 0.1) is 22.1 Å². The molecule has 4 nitrogen and oxygen atoms in total. The molecule has 0 aliphatic rings. The van der Waals surface area contributed by atoms with E-state index in [9.17, 15) is 14.5 Å². The maximum absolute atomic E-state index is 10.3. The van der Waals surface area contributed by atoms with Crippen molar-refractivity contribution in [1.29, 1.82) is 0 Å². The molecule has 0 saturated carbocycles. The second-order valence-corrected chi connectivity index (χ2v) is 2.90. The van der Waals surface area contributed by atoms with Crippen LogP contribution in [0, 0.1) is 10.1 Å². The van der Waals surface area contributed by atoms with Gasteiger partial charge < -0.3 is 5.73 Å². The Morgan fingerprint density at radius 1 is 1.25 bits per heavy atom. The summed E-state index contributed by atoms with van der Waals surface area (Å²) in [6.45, 7) is 4.00. The molecule has 0 fully saturated rings. The van der Waals surface area contributed by atoms with Crippen LogP contribution < -0.4 is 5.73 Å². The molecule has 0 unspecified atom stereocenters. The van der Waals surface area contributed by atoms with E-state index in [-0.39, 0.29) is 21.4 Å². The summed E-state index contributed by atoms with van der Waals surface area (Å²) in [7, 11) is 0.500. The Morgan fingerprint density at radius 3 is 2.00 bits per heavy atom. The molecule has 0 atom stereocenters. The van der Waals surface area contributed by atoms with Crippen molar-refractivity contribution in [1.82, 2.24) is 0 Å². The highest BCUT2D eigenvalue weighted by atomic mass is 35.5. The lowest BCUT2D eigenvalue weighted by Crippen LogP contribution is -1.95. The smallest absolute Gasteiger partial charge is 0.293 e. The van der Waals surface area contributed by atoms with Crippen molar-refractivity contribution in [2.24, 2.45) is 0 Å². The van der Waals surface area contributed by atoms with Crippen molar-refractivity contribution in [3.05, 3.63) is 32.3 Å². The summed E-state index contributed by atoms with van der Waals surface area (Å²) in [5, 5.41) is 10.6. The molecule has 0 bridgehead atoms. The minimum Gasteiger partial charge on any atom is -0.393 e. The quantitative estimate of drug-likeness (QED) is 0.475. The molecule has 7 heteroatoms. The van der Waals surface area contributed by atoms with Gasteiger partial charge >= 0.3 is 0 Å². The lowest BCUT2D eigenvalue weighted by molar-refractivity contribution is -0.383. The predicted octanol–water partition coefficient (Wildman–Crippen LogP) is 4.10. The van der Waals surface area contributed by atoms with Crippen LogP contribution in [0.2, 0.25) is 10.0 Å². The molecular formula is C9H13Cl2FN2O2. The largest absolute Gasteiger partial charge is 0.393 e. The molecule has 1 aromatic carbocycles. The molecule has 0 aliphatic carbocycles. The SMILES string of the molecule is CC.CF.Nc1cc(Cl)c(Cl)cc1[N+](=O)[O-]. The first kappa shape index (κ1) is 17.3. The number of anilines is 1. The van der Waals surface area contributed by atoms with Crippen LogP contribution in [0.1, 0.15) is 13.8 Å². The van der Waals surface area contributed by atoms with E-state index in [1.165, 1.54) is 6.07 Å². The summed E-state index contributed by atoms with van der Waals surface area (Å²) in [6.07, 6.45) is 0. The van der Waals surface area contributed by atoms with E-state index >= 15 is 0 Å². The van der Waals surface area contributed by atoms with E-state index in [1.807, 2.05) is 13.8 Å². The minimum atomic E-state index is -0.614.